The highest BCUT2D eigenvalue weighted by atomic mass is 19.4. The molecule has 3 heterocycles. The molecule has 0 aliphatic rings. The van der Waals surface area contributed by atoms with Crippen molar-refractivity contribution in [3.8, 4) is 22.9 Å². The molecule has 0 unspecified atom stereocenters. The van der Waals surface area contributed by atoms with Crippen LogP contribution in [-0.4, -0.2) is 32.1 Å². The second-order valence-electron chi connectivity index (χ2n) is 6.89. The summed E-state index contributed by atoms with van der Waals surface area (Å²) in [6.07, 6.45) is -9.45. The van der Waals surface area contributed by atoms with E-state index in [0.29, 0.717) is 11.3 Å². The van der Waals surface area contributed by atoms with Crippen molar-refractivity contribution in [3.63, 3.8) is 0 Å². The third-order valence-corrected chi connectivity index (χ3v) is 4.56. The van der Waals surface area contributed by atoms with E-state index >= 15 is 0 Å². The molecule has 0 saturated heterocycles. The first kappa shape index (κ1) is 23.1. The van der Waals surface area contributed by atoms with Crippen LogP contribution in [0.1, 0.15) is 5.69 Å². The van der Waals surface area contributed by atoms with E-state index in [-0.39, 0.29) is 24.7 Å². The van der Waals surface area contributed by atoms with E-state index in [2.05, 4.69) is 14.8 Å². The van der Waals surface area contributed by atoms with E-state index < -0.39 is 29.7 Å². The van der Waals surface area contributed by atoms with Gasteiger partial charge in [0.1, 0.15) is 18.1 Å². The first-order chi connectivity index (χ1) is 16.0. The summed E-state index contributed by atoms with van der Waals surface area (Å²) in [5.74, 6) is -0.666. The fraction of sp³-hybridized carbons (Fsp3) is 0.190. The maximum absolute atomic E-state index is 12.9. The van der Waals surface area contributed by atoms with Crippen molar-refractivity contribution >= 4 is 5.65 Å². The molecule has 3 aromatic heterocycles. The Morgan fingerprint density at radius 3 is 2.26 bits per heavy atom. The molecular formula is C21H14F6N4O3. The van der Waals surface area contributed by atoms with Gasteiger partial charge in [-0.05, 0) is 48.0 Å². The number of pyridine rings is 2. The van der Waals surface area contributed by atoms with Crippen LogP contribution in [0.2, 0.25) is 0 Å². The van der Waals surface area contributed by atoms with Crippen LogP contribution in [0.3, 0.4) is 0 Å². The third-order valence-electron chi connectivity index (χ3n) is 4.56. The van der Waals surface area contributed by atoms with E-state index in [0.717, 1.165) is 28.9 Å². The van der Waals surface area contributed by atoms with Crippen molar-refractivity contribution in [2.24, 2.45) is 0 Å². The van der Waals surface area contributed by atoms with Crippen molar-refractivity contribution in [2.75, 3.05) is 6.61 Å². The number of fused-ring (bicyclic) bond motifs is 1. The Morgan fingerprint density at radius 1 is 0.882 bits per heavy atom. The molecule has 0 saturated carbocycles. The molecule has 0 amide bonds. The van der Waals surface area contributed by atoms with Crippen LogP contribution in [0.15, 0.2) is 65.5 Å². The average molecular weight is 484 g/mol. The standard InChI is InChI=1S/C21H14F6N4O3/c22-20(23,24)16-4-2-6-18(28-16)33-12-11-30-19(32)31-15(3-1-5-17(31)29-30)13-7-9-14(10-8-13)34-21(25,26)27/h1-10H,11-12H2. The van der Waals surface area contributed by atoms with Gasteiger partial charge in [0, 0.05) is 6.07 Å². The van der Waals surface area contributed by atoms with Gasteiger partial charge in [0.05, 0.1) is 12.2 Å². The van der Waals surface area contributed by atoms with E-state index in [9.17, 15) is 31.1 Å². The Balaban J connectivity index is 1.54. The van der Waals surface area contributed by atoms with E-state index in [4.69, 9.17) is 4.74 Å². The SMILES string of the molecule is O=c1n(CCOc2cccc(C(F)(F)F)n2)nc2cccc(-c3ccc(OC(F)(F)F)cc3)n12. The molecule has 0 aliphatic heterocycles. The van der Waals surface area contributed by atoms with Crippen molar-refractivity contribution in [2.45, 2.75) is 19.1 Å². The van der Waals surface area contributed by atoms with Gasteiger partial charge in [-0.2, -0.15) is 13.2 Å². The molecule has 34 heavy (non-hydrogen) atoms. The van der Waals surface area contributed by atoms with Crippen LogP contribution in [0.25, 0.3) is 16.9 Å². The van der Waals surface area contributed by atoms with Crippen molar-refractivity contribution < 1.29 is 35.8 Å². The maximum Gasteiger partial charge on any atom is 0.573 e. The summed E-state index contributed by atoms with van der Waals surface area (Å²) < 4.78 is 86.8. The second kappa shape index (κ2) is 8.72. The fourth-order valence-corrected chi connectivity index (χ4v) is 3.15. The molecule has 7 nitrogen and oxygen atoms in total. The van der Waals surface area contributed by atoms with Crippen molar-refractivity contribution in [1.29, 1.82) is 0 Å². The van der Waals surface area contributed by atoms with Crippen LogP contribution in [0.4, 0.5) is 26.3 Å². The van der Waals surface area contributed by atoms with Crippen LogP contribution in [0.5, 0.6) is 11.6 Å². The zero-order chi connectivity index (χ0) is 24.5. The minimum Gasteiger partial charge on any atom is -0.476 e. The molecule has 0 radical (unpaired) electrons. The van der Waals surface area contributed by atoms with Gasteiger partial charge in [-0.1, -0.05) is 12.1 Å². The summed E-state index contributed by atoms with van der Waals surface area (Å²) in [6.45, 7) is -0.271. The Bertz CT molecular complexity index is 1360. The number of benzene rings is 1. The highest BCUT2D eigenvalue weighted by Gasteiger charge is 2.33. The highest BCUT2D eigenvalue weighted by molar-refractivity contribution is 5.64. The molecule has 0 bridgehead atoms. The summed E-state index contributed by atoms with van der Waals surface area (Å²) in [7, 11) is 0. The monoisotopic (exact) mass is 484 g/mol. The minimum absolute atomic E-state index is 0.0871. The molecule has 178 valence electrons. The Morgan fingerprint density at radius 2 is 1.59 bits per heavy atom. The fourth-order valence-electron chi connectivity index (χ4n) is 3.15. The number of hydrogen-bond donors (Lipinski definition) is 0. The van der Waals surface area contributed by atoms with Crippen LogP contribution < -0.4 is 15.2 Å². The highest BCUT2D eigenvalue weighted by Crippen LogP contribution is 2.29. The Kier molecular flexibility index (Phi) is 5.94. The van der Waals surface area contributed by atoms with Gasteiger partial charge >= 0.3 is 18.2 Å². The molecule has 0 aliphatic carbocycles. The lowest BCUT2D eigenvalue weighted by Crippen LogP contribution is -2.24. The molecule has 0 fully saturated rings. The topological polar surface area (TPSA) is 70.7 Å². The van der Waals surface area contributed by atoms with Gasteiger partial charge in [-0.3, -0.25) is 0 Å². The number of nitrogens with zero attached hydrogens (tertiary/aromatic N) is 4. The van der Waals surface area contributed by atoms with Gasteiger partial charge in [-0.15, -0.1) is 18.3 Å². The normalized spacial score (nSPS) is 12.2. The molecule has 4 rings (SSSR count). The zero-order valence-corrected chi connectivity index (χ0v) is 17.0. The first-order valence-corrected chi connectivity index (χ1v) is 9.63. The maximum atomic E-state index is 12.9. The number of aromatic nitrogens is 4. The van der Waals surface area contributed by atoms with E-state index in [1.54, 1.807) is 18.2 Å². The van der Waals surface area contributed by atoms with Crippen LogP contribution >= 0.6 is 0 Å². The van der Waals surface area contributed by atoms with Crippen molar-refractivity contribution in [1.82, 2.24) is 19.2 Å². The lowest BCUT2D eigenvalue weighted by Gasteiger charge is -2.10. The second-order valence-corrected chi connectivity index (χ2v) is 6.89. The van der Waals surface area contributed by atoms with Gasteiger partial charge in [0.25, 0.3) is 0 Å². The molecule has 4 aromatic rings. The zero-order valence-electron chi connectivity index (χ0n) is 17.0. The lowest BCUT2D eigenvalue weighted by molar-refractivity contribution is -0.274. The summed E-state index contributed by atoms with van der Waals surface area (Å²) >= 11 is 0. The van der Waals surface area contributed by atoms with Gasteiger partial charge in [0.15, 0.2) is 5.65 Å². The third kappa shape index (κ3) is 5.13. The van der Waals surface area contributed by atoms with E-state index in [1.165, 1.54) is 22.6 Å². The molecular weight excluding hydrogens is 470 g/mol. The van der Waals surface area contributed by atoms with Crippen LogP contribution in [-0.2, 0) is 12.7 Å². The van der Waals surface area contributed by atoms with E-state index in [1.807, 2.05) is 0 Å². The largest absolute Gasteiger partial charge is 0.573 e. The predicted octanol–water partition coefficient (Wildman–Crippen LogP) is 4.55. The molecule has 0 atom stereocenters. The summed E-state index contributed by atoms with van der Waals surface area (Å²) in [5, 5.41) is 4.17. The lowest BCUT2D eigenvalue weighted by atomic mass is 10.1. The van der Waals surface area contributed by atoms with Crippen molar-refractivity contribution in [3.05, 3.63) is 76.8 Å². The molecule has 0 N–H and O–H groups in total. The molecule has 1 aromatic carbocycles. The number of alkyl halides is 6. The summed E-state index contributed by atoms with van der Waals surface area (Å²) in [5.41, 5.74) is -0.609. The quantitative estimate of drug-likeness (QED) is 0.376. The van der Waals surface area contributed by atoms with Crippen LogP contribution in [0, 0.1) is 0 Å². The number of rotatable bonds is 6. The minimum atomic E-state index is -4.83. The molecule has 0 spiro atoms. The Hall–Kier alpha value is -4.03. The predicted molar refractivity (Wildman–Crippen MR) is 106 cm³/mol. The smallest absolute Gasteiger partial charge is 0.476 e. The molecule has 13 heteroatoms. The van der Waals surface area contributed by atoms with Gasteiger partial charge < -0.3 is 9.47 Å². The number of halogens is 6. The van der Waals surface area contributed by atoms with Gasteiger partial charge in [-0.25, -0.2) is 18.9 Å². The average Bonchev–Trinajstić information content (AvgIpc) is 3.09. The Labute approximate surface area is 186 Å². The number of ether oxygens (including phenoxy) is 2. The number of hydrogen-bond acceptors (Lipinski definition) is 5. The summed E-state index contributed by atoms with van der Waals surface area (Å²) in [6, 6.07) is 12.9. The first-order valence-electron chi connectivity index (χ1n) is 9.63. The summed E-state index contributed by atoms with van der Waals surface area (Å²) in [4.78, 5) is 16.3. The van der Waals surface area contributed by atoms with Gasteiger partial charge in [0.2, 0.25) is 5.88 Å².